The number of nitrogens with zero attached hydrogens (tertiary/aromatic N) is 1. The molecular weight excluding hydrogens is 515 g/mol. The average Bonchev–Trinajstić information content (AvgIpc) is 3.20. The maximum absolute atomic E-state index is 12.1. The van der Waals surface area contributed by atoms with Crippen molar-refractivity contribution in [3.8, 4) is 0 Å². The minimum absolute atomic E-state index is 0. The van der Waals surface area contributed by atoms with Gasteiger partial charge in [-0.25, -0.2) is 13.1 Å². The normalized spacial score (nSPS) is 18.0. The molecule has 1 fully saturated rings. The molecule has 1 atom stereocenters. The van der Waals surface area contributed by atoms with Gasteiger partial charge in [-0.3, -0.25) is 4.99 Å². The molecule has 0 bridgehead atoms. The lowest BCUT2D eigenvalue weighted by Gasteiger charge is -2.13. The molecule has 25 heavy (non-hydrogen) atoms. The molecule has 11 heteroatoms. The predicted octanol–water partition coefficient (Wildman–Crippen LogP) is 2.75. The number of halogens is 2. The standard InChI is InChI=1S/C14H23ClN4O2S3.HI/c1-2-16-14(18-10-11-4-3-9-22-11)17-7-8-19-24(20,21)13-6-5-12(15)23-13;/h5-6,11,19H,2-4,7-10H2,1H3,(H2,16,17,18);1H. The number of thiophene rings is 1. The Kier molecular flexibility index (Phi) is 11.0. The molecular formula is C14H24ClIN4O2S3. The summed E-state index contributed by atoms with van der Waals surface area (Å²) < 4.78 is 27.4. The Labute approximate surface area is 180 Å². The fraction of sp³-hybridized carbons (Fsp3) is 0.643. The van der Waals surface area contributed by atoms with Gasteiger partial charge in [0.1, 0.15) is 4.21 Å². The molecule has 1 saturated heterocycles. The van der Waals surface area contributed by atoms with E-state index in [2.05, 4.69) is 20.3 Å². The summed E-state index contributed by atoms with van der Waals surface area (Å²) in [6.45, 7) is 4.30. The zero-order valence-electron chi connectivity index (χ0n) is 14.0. The summed E-state index contributed by atoms with van der Waals surface area (Å²) in [6.07, 6.45) is 2.49. The molecule has 0 radical (unpaired) electrons. The van der Waals surface area contributed by atoms with E-state index in [1.54, 1.807) is 6.07 Å². The third kappa shape index (κ3) is 8.21. The Bertz CT molecular complexity index is 648. The van der Waals surface area contributed by atoms with Gasteiger partial charge in [0.15, 0.2) is 5.96 Å². The topological polar surface area (TPSA) is 82.6 Å². The van der Waals surface area contributed by atoms with Crippen molar-refractivity contribution >= 4 is 74.7 Å². The van der Waals surface area contributed by atoms with Crippen LogP contribution in [-0.2, 0) is 10.0 Å². The number of guanidine groups is 1. The highest BCUT2D eigenvalue weighted by atomic mass is 127. The highest BCUT2D eigenvalue weighted by Gasteiger charge is 2.16. The number of sulfonamides is 1. The molecule has 2 rings (SSSR count). The first kappa shape index (κ1) is 23.3. The highest BCUT2D eigenvalue weighted by molar-refractivity contribution is 14.0. The molecule has 1 unspecified atom stereocenters. The van der Waals surface area contributed by atoms with Crippen molar-refractivity contribution in [1.82, 2.24) is 15.4 Å². The van der Waals surface area contributed by atoms with Gasteiger partial charge in [-0.2, -0.15) is 11.8 Å². The molecule has 2 heterocycles. The van der Waals surface area contributed by atoms with Crippen molar-refractivity contribution in [1.29, 1.82) is 0 Å². The lowest BCUT2D eigenvalue weighted by Crippen LogP contribution is -2.41. The number of nitrogens with one attached hydrogen (secondary N) is 3. The van der Waals surface area contributed by atoms with Gasteiger partial charge in [0, 0.05) is 24.9 Å². The Hall–Kier alpha value is 0.250. The van der Waals surface area contributed by atoms with Crippen molar-refractivity contribution in [2.24, 2.45) is 4.99 Å². The molecule has 1 aromatic rings. The van der Waals surface area contributed by atoms with E-state index in [1.807, 2.05) is 18.7 Å². The molecule has 1 aromatic heterocycles. The van der Waals surface area contributed by atoms with Gasteiger partial charge in [0.2, 0.25) is 10.0 Å². The second-order valence-electron chi connectivity index (χ2n) is 5.24. The third-order valence-corrected chi connectivity index (χ3v) is 7.91. The molecule has 0 amide bonds. The van der Waals surface area contributed by atoms with E-state index in [1.165, 1.54) is 24.7 Å². The zero-order chi connectivity index (χ0) is 17.4. The van der Waals surface area contributed by atoms with Crippen LogP contribution in [0.3, 0.4) is 0 Å². The van der Waals surface area contributed by atoms with Crippen LogP contribution in [0.25, 0.3) is 0 Å². The summed E-state index contributed by atoms with van der Waals surface area (Å²) in [5.74, 6) is 1.95. The summed E-state index contributed by atoms with van der Waals surface area (Å²) in [6, 6.07) is 3.09. The van der Waals surface area contributed by atoms with Crippen molar-refractivity contribution < 1.29 is 8.42 Å². The second-order valence-corrected chi connectivity index (χ2v) is 10.4. The van der Waals surface area contributed by atoms with Crippen LogP contribution in [0.5, 0.6) is 0 Å². The molecule has 0 spiro atoms. The molecule has 0 saturated carbocycles. The third-order valence-electron chi connectivity index (χ3n) is 3.34. The smallest absolute Gasteiger partial charge is 0.250 e. The zero-order valence-corrected chi connectivity index (χ0v) is 19.5. The van der Waals surface area contributed by atoms with Crippen molar-refractivity contribution in [3.63, 3.8) is 0 Å². The van der Waals surface area contributed by atoms with Crippen LogP contribution in [-0.4, -0.2) is 51.6 Å². The number of hydrogen-bond acceptors (Lipinski definition) is 5. The second kappa shape index (κ2) is 11.9. The first-order valence-electron chi connectivity index (χ1n) is 7.90. The van der Waals surface area contributed by atoms with Gasteiger partial charge in [-0.1, -0.05) is 11.6 Å². The van der Waals surface area contributed by atoms with Gasteiger partial charge in [-0.05, 0) is 37.7 Å². The monoisotopic (exact) mass is 538 g/mol. The number of rotatable bonds is 8. The fourth-order valence-corrected chi connectivity index (χ4v) is 5.94. The van der Waals surface area contributed by atoms with Crippen LogP contribution in [0, 0.1) is 0 Å². The average molecular weight is 539 g/mol. The molecule has 1 aliphatic rings. The minimum atomic E-state index is -3.49. The van der Waals surface area contributed by atoms with Crippen LogP contribution in [0.1, 0.15) is 19.8 Å². The van der Waals surface area contributed by atoms with Crippen molar-refractivity contribution in [2.75, 3.05) is 31.9 Å². The van der Waals surface area contributed by atoms with Crippen molar-refractivity contribution in [2.45, 2.75) is 29.2 Å². The number of aliphatic imine (C=N–C) groups is 1. The van der Waals surface area contributed by atoms with E-state index in [-0.39, 0.29) is 34.7 Å². The van der Waals surface area contributed by atoms with Crippen LogP contribution < -0.4 is 15.4 Å². The van der Waals surface area contributed by atoms with E-state index in [0.29, 0.717) is 16.1 Å². The van der Waals surface area contributed by atoms with Gasteiger partial charge in [-0.15, -0.1) is 35.3 Å². The van der Waals surface area contributed by atoms with Gasteiger partial charge < -0.3 is 10.6 Å². The Morgan fingerprint density at radius 3 is 2.76 bits per heavy atom. The predicted molar refractivity (Wildman–Crippen MR) is 119 cm³/mol. The number of thioether (sulfide) groups is 1. The van der Waals surface area contributed by atoms with Gasteiger partial charge in [0.25, 0.3) is 0 Å². The SMILES string of the molecule is CCNC(=NCC1CCCS1)NCCNS(=O)(=O)c1ccc(Cl)s1.I. The Balaban J connectivity index is 0.00000312. The molecule has 3 N–H and O–H groups in total. The molecule has 144 valence electrons. The summed E-state index contributed by atoms with van der Waals surface area (Å²) in [4.78, 5) is 4.57. The van der Waals surface area contributed by atoms with Crippen LogP contribution in [0.2, 0.25) is 4.34 Å². The maximum Gasteiger partial charge on any atom is 0.250 e. The van der Waals surface area contributed by atoms with E-state index in [0.717, 1.165) is 30.4 Å². The highest BCUT2D eigenvalue weighted by Crippen LogP contribution is 2.26. The lowest BCUT2D eigenvalue weighted by molar-refractivity contribution is 0.582. The Morgan fingerprint density at radius 2 is 2.16 bits per heavy atom. The summed E-state index contributed by atoms with van der Waals surface area (Å²) in [5.41, 5.74) is 0. The van der Waals surface area contributed by atoms with Gasteiger partial charge in [0.05, 0.1) is 10.9 Å². The summed E-state index contributed by atoms with van der Waals surface area (Å²) in [5, 5.41) is 6.93. The molecule has 0 aromatic carbocycles. The van der Waals surface area contributed by atoms with E-state index in [9.17, 15) is 8.42 Å². The van der Waals surface area contributed by atoms with E-state index in [4.69, 9.17) is 11.6 Å². The maximum atomic E-state index is 12.1. The minimum Gasteiger partial charge on any atom is -0.357 e. The van der Waals surface area contributed by atoms with E-state index < -0.39 is 10.0 Å². The van der Waals surface area contributed by atoms with Crippen molar-refractivity contribution in [3.05, 3.63) is 16.5 Å². The Morgan fingerprint density at radius 1 is 1.36 bits per heavy atom. The quantitative estimate of drug-likeness (QED) is 0.205. The van der Waals surface area contributed by atoms with E-state index >= 15 is 0 Å². The van der Waals surface area contributed by atoms with Crippen LogP contribution in [0.15, 0.2) is 21.3 Å². The fourth-order valence-electron chi connectivity index (χ4n) is 2.20. The van der Waals surface area contributed by atoms with Crippen LogP contribution in [0.4, 0.5) is 0 Å². The molecule has 1 aliphatic heterocycles. The first-order valence-corrected chi connectivity index (χ1v) is 11.6. The molecule has 0 aliphatic carbocycles. The van der Waals surface area contributed by atoms with Crippen LogP contribution >= 0.6 is 58.7 Å². The summed E-state index contributed by atoms with van der Waals surface area (Å²) >= 11 is 8.80. The summed E-state index contributed by atoms with van der Waals surface area (Å²) in [7, 11) is -3.49. The first-order chi connectivity index (χ1) is 11.5. The van der Waals surface area contributed by atoms with Gasteiger partial charge >= 0.3 is 0 Å². The number of hydrogen-bond donors (Lipinski definition) is 3. The molecule has 6 nitrogen and oxygen atoms in total. The largest absolute Gasteiger partial charge is 0.357 e. The lowest BCUT2D eigenvalue weighted by atomic mass is 10.2.